The zero-order valence-corrected chi connectivity index (χ0v) is 16.5. The third kappa shape index (κ3) is 6.92. The number of esters is 1. The summed E-state index contributed by atoms with van der Waals surface area (Å²) in [5.74, 6) is -3.57. The molecule has 1 heterocycles. The van der Waals surface area contributed by atoms with Crippen molar-refractivity contribution in [3.8, 4) is 0 Å². The summed E-state index contributed by atoms with van der Waals surface area (Å²) in [6.07, 6.45) is 1.96. The highest BCUT2D eigenvalue weighted by Gasteiger charge is 2.18. The average molecular weight is 408 g/mol. The van der Waals surface area contributed by atoms with Crippen molar-refractivity contribution in [1.29, 1.82) is 0 Å². The van der Waals surface area contributed by atoms with Gasteiger partial charge in [-0.25, -0.2) is 9.78 Å². The standard InChI is InChI=1S/C20H22F2N2O3S/c1-13(2)15-7-5-14(6-8-15)9-11-23-17(25)12-27-19(26)16-4-3-10-24-18(16)28-20(21)22/h3-8,10,13,20H,9,11-12H2,1-2H3,(H,23,25). The Kier molecular flexibility index (Phi) is 8.38. The van der Waals surface area contributed by atoms with Crippen LogP contribution >= 0.6 is 11.8 Å². The number of aromatic nitrogens is 1. The molecule has 0 saturated carbocycles. The number of carbonyl (C=O) groups is 2. The van der Waals surface area contributed by atoms with Crippen LogP contribution in [-0.2, 0) is 16.0 Å². The molecule has 28 heavy (non-hydrogen) atoms. The minimum absolute atomic E-state index is 0.0918. The quantitative estimate of drug-likeness (QED) is 0.501. The van der Waals surface area contributed by atoms with Crippen LogP contribution in [0.1, 0.15) is 41.3 Å². The molecule has 0 bridgehead atoms. The van der Waals surface area contributed by atoms with Gasteiger partial charge in [-0.05, 0) is 47.4 Å². The number of rotatable bonds is 9. The number of thioether (sulfide) groups is 1. The molecule has 5 nitrogen and oxygen atoms in total. The Balaban J connectivity index is 1.77. The molecule has 0 spiro atoms. The van der Waals surface area contributed by atoms with Crippen molar-refractivity contribution in [1.82, 2.24) is 10.3 Å². The Morgan fingerprint density at radius 1 is 1.18 bits per heavy atom. The lowest BCUT2D eigenvalue weighted by Gasteiger charge is -2.09. The highest BCUT2D eigenvalue weighted by atomic mass is 32.2. The number of benzene rings is 1. The smallest absolute Gasteiger partial charge is 0.341 e. The molecule has 0 saturated heterocycles. The molecule has 0 unspecified atom stereocenters. The molecule has 0 aliphatic heterocycles. The second-order valence-corrected chi connectivity index (χ2v) is 7.29. The van der Waals surface area contributed by atoms with Gasteiger partial charge in [0.15, 0.2) is 6.61 Å². The van der Waals surface area contributed by atoms with Gasteiger partial charge < -0.3 is 10.1 Å². The van der Waals surface area contributed by atoms with E-state index in [9.17, 15) is 18.4 Å². The number of amides is 1. The van der Waals surface area contributed by atoms with E-state index in [1.165, 1.54) is 23.9 Å². The summed E-state index contributed by atoms with van der Waals surface area (Å²) in [7, 11) is 0. The third-order valence-electron chi connectivity index (χ3n) is 3.91. The van der Waals surface area contributed by atoms with E-state index >= 15 is 0 Å². The predicted octanol–water partition coefficient (Wildman–Crippen LogP) is 4.04. The molecule has 0 atom stereocenters. The zero-order chi connectivity index (χ0) is 20.5. The Morgan fingerprint density at radius 2 is 1.89 bits per heavy atom. The molecule has 0 aliphatic carbocycles. The van der Waals surface area contributed by atoms with Crippen molar-refractivity contribution < 1.29 is 23.1 Å². The fourth-order valence-corrected chi connectivity index (χ4v) is 2.97. The van der Waals surface area contributed by atoms with E-state index in [1.54, 1.807) is 0 Å². The molecule has 0 radical (unpaired) electrons. The highest BCUT2D eigenvalue weighted by molar-refractivity contribution is 7.99. The van der Waals surface area contributed by atoms with Crippen LogP contribution in [0.5, 0.6) is 0 Å². The van der Waals surface area contributed by atoms with E-state index in [0.717, 1.165) is 5.56 Å². The Bertz CT molecular complexity index is 798. The van der Waals surface area contributed by atoms with Gasteiger partial charge in [-0.2, -0.15) is 8.78 Å². The van der Waals surface area contributed by atoms with Gasteiger partial charge in [0.2, 0.25) is 0 Å². The fourth-order valence-electron chi connectivity index (χ4n) is 2.40. The van der Waals surface area contributed by atoms with E-state index in [1.807, 2.05) is 12.1 Å². The molecule has 1 N–H and O–H groups in total. The van der Waals surface area contributed by atoms with Crippen LogP contribution in [0.3, 0.4) is 0 Å². The number of hydrogen-bond acceptors (Lipinski definition) is 5. The van der Waals surface area contributed by atoms with Crippen LogP contribution in [-0.4, -0.2) is 35.8 Å². The first-order valence-corrected chi connectivity index (χ1v) is 9.67. The fraction of sp³-hybridized carbons (Fsp3) is 0.350. The number of halogens is 2. The molecule has 0 fully saturated rings. The number of carbonyl (C=O) groups excluding carboxylic acids is 2. The lowest BCUT2D eigenvalue weighted by molar-refractivity contribution is -0.124. The number of alkyl halides is 2. The molecule has 2 aromatic rings. The topological polar surface area (TPSA) is 68.3 Å². The Labute approximate surface area is 166 Å². The van der Waals surface area contributed by atoms with Crippen LogP contribution in [0.2, 0.25) is 0 Å². The Morgan fingerprint density at radius 3 is 2.54 bits per heavy atom. The molecule has 2 rings (SSSR count). The largest absolute Gasteiger partial charge is 0.452 e. The third-order valence-corrected chi connectivity index (χ3v) is 4.64. The van der Waals surface area contributed by atoms with Gasteiger partial charge in [0.1, 0.15) is 5.03 Å². The summed E-state index contributed by atoms with van der Waals surface area (Å²) in [4.78, 5) is 27.6. The van der Waals surface area contributed by atoms with Gasteiger partial charge in [-0.15, -0.1) is 0 Å². The molecule has 1 aromatic heterocycles. The van der Waals surface area contributed by atoms with Gasteiger partial charge in [0.25, 0.3) is 11.7 Å². The normalized spacial score (nSPS) is 10.9. The SMILES string of the molecule is CC(C)c1ccc(CCNC(=O)COC(=O)c2cccnc2SC(F)F)cc1. The number of pyridine rings is 1. The molecule has 8 heteroatoms. The highest BCUT2D eigenvalue weighted by Crippen LogP contribution is 2.26. The summed E-state index contributed by atoms with van der Waals surface area (Å²) in [5.41, 5.74) is 2.25. The van der Waals surface area contributed by atoms with Crippen LogP contribution in [0.15, 0.2) is 47.6 Å². The van der Waals surface area contributed by atoms with Crippen molar-refractivity contribution in [3.05, 3.63) is 59.3 Å². The van der Waals surface area contributed by atoms with Gasteiger partial charge in [-0.3, -0.25) is 4.79 Å². The Hall–Kier alpha value is -2.48. The first kappa shape index (κ1) is 21.8. The van der Waals surface area contributed by atoms with Gasteiger partial charge in [-0.1, -0.05) is 38.1 Å². The molecular weight excluding hydrogens is 386 g/mol. The summed E-state index contributed by atoms with van der Waals surface area (Å²) < 4.78 is 30.0. The molecule has 0 aliphatic rings. The monoisotopic (exact) mass is 408 g/mol. The van der Waals surface area contributed by atoms with E-state index < -0.39 is 24.2 Å². The van der Waals surface area contributed by atoms with Crippen molar-refractivity contribution in [2.45, 2.75) is 37.0 Å². The van der Waals surface area contributed by atoms with Crippen molar-refractivity contribution in [2.24, 2.45) is 0 Å². The van der Waals surface area contributed by atoms with Crippen molar-refractivity contribution in [2.75, 3.05) is 13.2 Å². The summed E-state index contributed by atoms with van der Waals surface area (Å²) >= 11 is 0.156. The van der Waals surface area contributed by atoms with Gasteiger partial charge in [0.05, 0.1) is 5.56 Å². The summed E-state index contributed by atoms with van der Waals surface area (Å²) in [6.45, 7) is 4.16. The van der Waals surface area contributed by atoms with Crippen molar-refractivity contribution in [3.63, 3.8) is 0 Å². The average Bonchev–Trinajstić information content (AvgIpc) is 2.66. The van der Waals surface area contributed by atoms with E-state index in [4.69, 9.17) is 4.74 Å². The zero-order valence-electron chi connectivity index (χ0n) is 15.7. The van der Waals surface area contributed by atoms with E-state index in [2.05, 4.69) is 36.3 Å². The first-order chi connectivity index (χ1) is 13.4. The molecular formula is C20H22F2N2O3S. The van der Waals surface area contributed by atoms with Crippen LogP contribution in [0.25, 0.3) is 0 Å². The lowest BCUT2D eigenvalue weighted by Crippen LogP contribution is -2.30. The maximum atomic E-state index is 12.5. The van der Waals surface area contributed by atoms with E-state index in [0.29, 0.717) is 18.9 Å². The number of hydrogen-bond donors (Lipinski definition) is 1. The van der Waals surface area contributed by atoms with Crippen LogP contribution in [0.4, 0.5) is 8.78 Å². The number of nitrogens with zero attached hydrogens (tertiary/aromatic N) is 1. The van der Waals surface area contributed by atoms with Crippen LogP contribution in [0, 0.1) is 0 Å². The van der Waals surface area contributed by atoms with Gasteiger partial charge in [0, 0.05) is 12.7 Å². The minimum Gasteiger partial charge on any atom is -0.452 e. The predicted molar refractivity (Wildman–Crippen MR) is 104 cm³/mol. The second kappa shape index (κ2) is 10.8. The molecule has 150 valence electrons. The number of nitrogens with one attached hydrogen (secondary N) is 1. The maximum absolute atomic E-state index is 12.5. The van der Waals surface area contributed by atoms with Crippen molar-refractivity contribution >= 4 is 23.6 Å². The lowest BCUT2D eigenvalue weighted by atomic mass is 10.0. The first-order valence-electron chi connectivity index (χ1n) is 8.79. The second-order valence-electron chi connectivity index (χ2n) is 6.31. The molecule has 1 amide bonds. The number of ether oxygens (including phenoxy) is 1. The molecule has 1 aromatic carbocycles. The summed E-state index contributed by atoms with van der Waals surface area (Å²) in [6, 6.07) is 10.9. The minimum atomic E-state index is -2.71. The maximum Gasteiger partial charge on any atom is 0.341 e. The van der Waals surface area contributed by atoms with Gasteiger partial charge >= 0.3 is 5.97 Å². The van der Waals surface area contributed by atoms with E-state index in [-0.39, 0.29) is 22.4 Å². The van der Waals surface area contributed by atoms with Crippen LogP contribution < -0.4 is 5.32 Å². The summed E-state index contributed by atoms with van der Waals surface area (Å²) in [5, 5.41) is 2.53.